The number of sulfonamides is 1. The van der Waals surface area contributed by atoms with Gasteiger partial charge in [-0.1, -0.05) is 23.2 Å². The number of amides is 1. The van der Waals surface area contributed by atoms with Crippen LogP contribution in [-0.2, 0) is 19.6 Å². The highest BCUT2D eigenvalue weighted by Gasteiger charge is 2.16. The molecule has 3 N–H and O–H groups in total. The van der Waals surface area contributed by atoms with Crippen LogP contribution in [0.25, 0.3) is 0 Å². The van der Waals surface area contributed by atoms with Gasteiger partial charge in [-0.05, 0) is 25.5 Å². The van der Waals surface area contributed by atoms with Crippen LogP contribution in [0.3, 0.4) is 0 Å². The van der Waals surface area contributed by atoms with E-state index in [2.05, 4.69) is 5.32 Å². The maximum Gasteiger partial charge on any atom is 0.238 e. The molecule has 0 radical (unpaired) electrons. The van der Waals surface area contributed by atoms with Gasteiger partial charge in [0.1, 0.15) is 0 Å². The summed E-state index contributed by atoms with van der Waals surface area (Å²) in [7, 11) is -2.36. The lowest BCUT2D eigenvalue weighted by atomic mass is 10.2. The zero-order chi connectivity index (χ0) is 16.2. The Balaban J connectivity index is 2.88. The van der Waals surface area contributed by atoms with Crippen molar-refractivity contribution in [2.75, 3.05) is 12.4 Å². The number of nitrogens with two attached hydrogens (primary N) is 1. The number of nitrogens with one attached hydrogen (secondary N) is 1. The van der Waals surface area contributed by atoms with Gasteiger partial charge >= 0.3 is 0 Å². The lowest BCUT2D eigenvalue weighted by molar-refractivity contribution is -0.116. The maximum atomic E-state index is 11.8. The molecular weight excluding hydrogens is 339 g/mol. The fraction of sp³-hybridized carbons (Fsp3) is 0.417. The molecule has 0 aliphatic rings. The first kappa shape index (κ1) is 18.2. The topological polar surface area (TPSA) is 98.5 Å². The van der Waals surface area contributed by atoms with Crippen molar-refractivity contribution in [2.45, 2.75) is 30.8 Å². The number of ether oxygens (including phenoxy) is 1. The van der Waals surface area contributed by atoms with Crippen molar-refractivity contribution < 1.29 is 17.9 Å². The SMILES string of the molecule is COC(C)CCC(=O)Nc1c(Cl)cc(S(N)(=O)=O)cc1Cl. The van der Waals surface area contributed by atoms with Gasteiger partial charge in [0.15, 0.2) is 0 Å². The van der Waals surface area contributed by atoms with Gasteiger partial charge in [0.2, 0.25) is 15.9 Å². The lowest BCUT2D eigenvalue weighted by Gasteiger charge is -2.12. The number of methoxy groups -OCH3 is 1. The fourth-order valence-electron chi connectivity index (χ4n) is 1.49. The van der Waals surface area contributed by atoms with E-state index in [1.807, 2.05) is 6.92 Å². The van der Waals surface area contributed by atoms with Crippen molar-refractivity contribution in [3.63, 3.8) is 0 Å². The van der Waals surface area contributed by atoms with E-state index in [0.717, 1.165) is 12.1 Å². The average molecular weight is 355 g/mol. The van der Waals surface area contributed by atoms with E-state index < -0.39 is 10.0 Å². The molecule has 0 saturated carbocycles. The van der Waals surface area contributed by atoms with Crippen molar-refractivity contribution in [3.05, 3.63) is 22.2 Å². The molecule has 1 rings (SSSR count). The Kier molecular flexibility index (Phi) is 6.42. The largest absolute Gasteiger partial charge is 0.382 e. The Hall–Kier alpha value is -0.860. The maximum absolute atomic E-state index is 11.8. The Morgan fingerprint density at radius 2 is 1.90 bits per heavy atom. The van der Waals surface area contributed by atoms with Crippen LogP contribution in [0.4, 0.5) is 5.69 Å². The molecule has 1 aromatic carbocycles. The number of carbonyl (C=O) groups excluding carboxylic acids is 1. The Morgan fingerprint density at radius 3 is 2.33 bits per heavy atom. The second-order valence-electron chi connectivity index (χ2n) is 4.44. The van der Waals surface area contributed by atoms with Gasteiger partial charge < -0.3 is 10.1 Å². The van der Waals surface area contributed by atoms with Crippen molar-refractivity contribution >= 4 is 44.8 Å². The van der Waals surface area contributed by atoms with E-state index in [-0.39, 0.29) is 39.1 Å². The van der Waals surface area contributed by atoms with E-state index in [4.69, 9.17) is 33.1 Å². The first-order chi connectivity index (χ1) is 9.65. The average Bonchev–Trinajstić information content (AvgIpc) is 2.38. The quantitative estimate of drug-likeness (QED) is 0.819. The molecular formula is C12H16Cl2N2O4S. The van der Waals surface area contributed by atoms with Gasteiger partial charge in [0, 0.05) is 13.5 Å². The second kappa shape index (κ2) is 7.42. The monoisotopic (exact) mass is 354 g/mol. The van der Waals surface area contributed by atoms with Gasteiger partial charge in [0.05, 0.1) is 26.7 Å². The summed E-state index contributed by atoms with van der Waals surface area (Å²) in [5, 5.41) is 7.54. The Labute approximate surface area is 133 Å². The van der Waals surface area contributed by atoms with Gasteiger partial charge in [-0.3, -0.25) is 4.79 Å². The van der Waals surface area contributed by atoms with Crippen molar-refractivity contribution in [3.8, 4) is 0 Å². The van der Waals surface area contributed by atoms with Gasteiger partial charge in [-0.2, -0.15) is 0 Å². The molecule has 21 heavy (non-hydrogen) atoms. The summed E-state index contributed by atoms with van der Waals surface area (Å²) in [4.78, 5) is 11.6. The number of primary sulfonamides is 1. The minimum Gasteiger partial charge on any atom is -0.382 e. The fourth-order valence-corrected chi connectivity index (χ4v) is 2.76. The minimum atomic E-state index is -3.92. The highest BCUT2D eigenvalue weighted by Crippen LogP contribution is 2.33. The smallest absolute Gasteiger partial charge is 0.238 e. The number of carbonyl (C=O) groups is 1. The Bertz CT molecular complexity index is 611. The molecule has 1 atom stereocenters. The van der Waals surface area contributed by atoms with Crippen LogP contribution in [0, 0.1) is 0 Å². The molecule has 1 aromatic rings. The summed E-state index contributed by atoms with van der Waals surface area (Å²) < 4.78 is 27.5. The number of hydrogen-bond donors (Lipinski definition) is 2. The third kappa shape index (κ3) is 5.44. The van der Waals surface area contributed by atoms with Crippen molar-refractivity contribution in [1.82, 2.24) is 0 Å². The van der Waals surface area contributed by atoms with Gasteiger partial charge in [-0.15, -0.1) is 0 Å². The van der Waals surface area contributed by atoms with E-state index in [1.54, 1.807) is 7.11 Å². The van der Waals surface area contributed by atoms with E-state index >= 15 is 0 Å². The molecule has 0 fully saturated rings. The summed E-state index contributed by atoms with van der Waals surface area (Å²) in [6.07, 6.45) is 0.706. The number of anilines is 1. The highest BCUT2D eigenvalue weighted by atomic mass is 35.5. The summed E-state index contributed by atoms with van der Waals surface area (Å²) >= 11 is 11.9. The van der Waals surface area contributed by atoms with E-state index in [9.17, 15) is 13.2 Å². The molecule has 0 bridgehead atoms. The van der Waals surface area contributed by atoms with E-state index in [0.29, 0.717) is 6.42 Å². The van der Waals surface area contributed by atoms with Gasteiger partial charge in [-0.25, -0.2) is 13.6 Å². The first-order valence-corrected chi connectivity index (χ1v) is 8.30. The van der Waals surface area contributed by atoms with E-state index in [1.165, 1.54) is 0 Å². The molecule has 0 aliphatic carbocycles. The molecule has 1 amide bonds. The van der Waals surface area contributed by atoms with Crippen LogP contribution in [0.1, 0.15) is 19.8 Å². The third-order valence-electron chi connectivity index (χ3n) is 2.79. The summed E-state index contributed by atoms with van der Waals surface area (Å²) in [5.74, 6) is -0.300. The molecule has 0 heterocycles. The third-order valence-corrected chi connectivity index (χ3v) is 4.28. The van der Waals surface area contributed by atoms with Crippen molar-refractivity contribution in [1.29, 1.82) is 0 Å². The zero-order valence-electron chi connectivity index (χ0n) is 11.5. The normalized spacial score (nSPS) is 13.0. The molecule has 0 aromatic heterocycles. The molecule has 0 spiro atoms. The van der Waals surface area contributed by atoms with Crippen LogP contribution < -0.4 is 10.5 Å². The zero-order valence-corrected chi connectivity index (χ0v) is 13.8. The van der Waals surface area contributed by atoms with Crippen LogP contribution in [0.5, 0.6) is 0 Å². The summed E-state index contributed by atoms with van der Waals surface area (Å²) in [5.41, 5.74) is 0.154. The minimum absolute atomic E-state index is 0.000310. The Morgan fingerprint density at radius 1 is 1.38 bits per heavy atom. The number of halogens is 2. The van der Waals surface area contributed by atoms with Crippen LogP contribution >= 0.6 is 23.2 Å². The standard InChI is InChI=1S/C12H16Cl2N2O4S/c1-7(20-2)3-4-11(17)16-12-9(13)5-8(6-10(12)14)21(15,18)19/h5-7H,3-4H2,1-2H3,(H,16,17)(H2,15,18,19). The predicted molar refractivity (Wildman–Crippen MR) is 82.2 cm³/mol. The molecule has 118 valence electrons. The first-order valence-electron chi connectivity index (χ1n) is 5.99. The molecule has 9 heteroatoms. The lowest BCUT2D eigenvalue weighted by Crippen LogP contribution is -2.16. The molecule has 6 nitrogen and oxygen atoms in total. The number of benzene rings is 1. The molecule has 1 unspecified atom stereocenters. The van der Waals surface area contributed by atoms with Crippen LogP contribution in [-0.4, -0.2) is 27.5 Å². The summed E-state index contributed by atoms with van der Waals surface area (Å²) in [6, 6.07) is 2.27. The number of rotatable bonds is 6. The molecule has 0 saturated heterocycles. The molecule has 0 aliphatic heterocycles. The number of hydrogen-bond acceptors (Lipinski definition) is 4. The van der Waals surface area contributed by atoms with Gasteiger partial charge in [0.25, 0.3) is 0 Å². The van der Waals surface area contributed by atoms with Crippen LogP contribution in [0.15, 0.2) is 17.0 Å². The second-order valence-corrected chi connectivity index (χ2v) is 6.82. The van der Waals surface area contributed by atoms with Crippen molar-refractivity contribution in [2.24, 2.45) is 5.14 Å². The summed E-state index contributed by atoms with van der Waals surface area (Å²) in [6.45, 7) is 1.84. The predicted octanol–water partition coefficient (Wildman–Crippen LogP) is 2.39. The highest BCUT2D eigenvalue weighted by molar-refractivity contribution is 7.89. The van der Waals surface area contributed by atoms with Crippen LogP contribution in [0.2, 0.25) is 10.0 Å².